The Labute approximate surface area is 124 Å². The van der Waals surface area contributed by atoms with Crippen molar-refractivity contribution in [1.82, 2.24) is 14.5 Å². The molecule has 118 valence electrons. The van der Waals surface area contributed by atoms with E-state index in [-0.39, 0.29) is 21.7 Å². The topological polar surface area (TPSA) is 103 Å². The summed E-state index contributed by atoms with van der Waals surface area (Å²) in [6.45, 7) is 6.52. The minimum atomic E-state index is -3.88. The number of aromatic carboxylic acids is 1. The van der Waals surface area contributed by atoms with Crippen molar-refractivity contribution in [2.45, 2.75) is 45.1 Å². The van der Waals surface area contributed by atoms with Gasteiger partial charge < -0.3 is 5.11 Å². The van der Waals surface area contributed by atoms with E-state index in [1.54, 1.807) is 0 Å². The van der Waals surface area contributed by atoms with Crippen LogP contribution in [-0.4, -0.2) is 47.1 Å². The largest absolute Gasteiger partial charge is 0.478 e. The minimum absolute atomic E-state index is 0.0986. The lowest BCUT2D eigenvalue weighted by molar-refractivity contribution is 0.0691. The second-order valence-electron chi connectivity index (χ2n) is 6.26. The van der Waals surface area contributed by atoms with Crippen molar-refractivity contribution >= 4 is 16.0 Å². The highest BCUT2D eigenvalue weighted by Crippen LogP contribution is 2.32. The lowest BCUT2D eigenvalue weighted by atomic mass is 9.85. The first-order chi connectivity index (χ1) is 9.65. The fourth-order valence-electron chi connectivity index (χ4n) is 2.61. The summed E-state index contributed by atoms with van der Waals surface area (Å²) in [5.74, 6) is -1.28. The summed E-state index contributed by atoms with van der Waals surface area (Å²) in [7, 11) is -3.88. The quantitative estimate of drug-likeness (QED) is 0.882. The maximum atomic E-state index is 12.7. The first-order valence-corrected chi connectivity index (χ1v) is 8.37. The number of carboxylic acids is 1. The molecule has 2 N–H and O–H groups in total. The Balaban J connectivity index is 2.37. The summed E-state index contributed by atoms with van der Waals surface area (Å²) in [5.41, 5.74) is 0.0798. The van der Waals surface area contributed by atoms with Gasteiger partial charge in [0.1, 0.15) is 5.56 Å². The van der Waals surface area contributed by atoms with E-state index in [4.69, 9.17) is 0 Å². The van der Waals surface area contributed by atoms with Gasteiger partial charge in [-0.3, -0.25) is 5.10 Å². The summed E-state index contributed by atoms with van der Waals surface area (Å²) in [6.07, 6.45) is 2.46. The van der Waals surface area contributed by atoms with E-state index >= 15 is 0 Å². The van der Waals surface area contributed by atoms with Crippen LogP contribution in [0.5, 0.6) is 0 Å². The molecule has 1 aliphatic rings. The maximum Gasteiger partial charge on any atom is 0.340 e. The molecular formula is C13H21N3O4S. The molecule has 0 aromatic carbocycles. The number of hydrogen-bond acceptors (Lipinski definition) is 4. The number of hydrogen-bond donors (Lipinski definition) is 2. The Morgan fingerprint density at radius 2 is 2.00 bits per heavy atom. The molecule has 7 nitrogen and oxygen atoms in total. The number of aromatic amines is 1. The van der Waals surface area contributed by atoms with Crippen LogP contribution >= 0.6 is 0 Å². The fraction of sp³-hybridized carbons (Fsp3) is 0.692. The highest BCUT2D eigenvalue weighted by atomic mass is 32.2. The predicted octanol–water partition coefficient (Wildman–Crippen LogP) is 1.62. The second-order valence-corrected chi connectivity index (χ2v) is 8.11. The molecule has 0 saturated carbocycles. The lowest BCUT2D eigenvalue weighted by Crippen LogP contribution is -2.33. The van der Waals surface area contributed by atoms with Crippen molar-refractivity contribution in [3.05, 3.63) is 11.3 Å². The van der Waals surface area contributed by atoms with E-state index in [2.05, 4.69) is 24.0 Å². The van der Waals surface area contributed by atoms with Crippen molar-refractivity contribution in [2.24, 2.45) is 5.41 Å². The normalized spacial score (nSPS) is 20.1. The number of aromatic nitrogens is 2. The van der Waals surface area contributed by atoms with Crippen LogP contribution in [0.15, 0.2) is 5.03 Å². The van der Waals surface area contributed by atoms with E-state index < -0.39 is 16.0 Å². The number of aryl methyl sites for hydroxylation is 1. The van der Waals surface area contributed by atoms with Crippen LogP contribution in [0, 0.1) is 12.3 Å². The van der Waals surface area contributed by atoms with Crippen LogP contribution in [0.2, 0.25) is 0 Å². The summed E-state index contributed by atoms with van der Waals surface area (Å²) in [6, 6.07) is 0. The summed E-state index contributed by atoms with van der Waals surface area (Å²) < 4.78 is 26.7. The number of sulfonamides is 1. The van der Waals surface area contributed by atoms with Gasteiger partial charge in [0.25, 0.3) is 10.0 Å². The van der Waals surface area contributed by atoms with E-state index in [1.807, 2.05) is 0 Å². The van der Waals surface area contributed by atoms with Crippen molar-refractivity contribution in [3.63, 3.8) is 0 Å². The molecule has 1 aliphatic heterocycles. The maximum absolute atomic E-state index is 12.7. The Morgan fingerprint density at radius 3 is 2.62 bits per heavy atom. The van der Waals surface area contributed by atoms with Crippen LogP contribution in [0.4, 0.5) is 0 Å². The van der Waals surface area contributed by atoms with Gasteiger partial charge in [0.15, 0.2) is 0 Å². The van der Waals surface area contributed by atoms with Gasteiger partial charge in [-0.05, 0) is 31.6 Å². The number of nitrogens with one attached hydrogen (secondary N) is 1. The summed E-state index contributed by atoms with van der Waals surface area (Å²) >= 11 is 0. The van der Waals surface area contributed by atoms with Gasteiger partial charge in [-0.1, -0.05) is 13.8 Å². The molecule has 0 aliphatic carbocycles. The third kappa shape index (κ3) is 3.11. The van der Waals surface area contributed by atoms with E-state index in [1.165, 1.54) is 11.2 Å². The highest BCUT2D eigenvalue weighted by molar-refractivity contribution is 7.89. The van der Waals surface area contributed by atoms with Crippen molar-refractivity contribution in [1.29, 1.82) is 0 Å². The van der Waals surface area contributed by atoms with Crippen LogP contribution in [-0.2, 0) is 10.0 Å². The van der Waals surface area contributed by atoms with Crippen LogP contribution in [0.25, 0.3) is 0 Å². The van der Waals surface area contributed by atoms with Gasteiger partial charge in [-0.15, -0.1) is 0 Å². The van der Waals surface area contributed by atoms with Crippen molar-refractivity contribution < 1.29 is 18.3 Å². The van der Waals surface area contributed by atoms with Gasteiger partial charge in [0.2, 0.25) is 5.03 Å². The lowest BCUT2D eigenvalue weighted by Gasteiger charge is -2.22. The minimum Gasteiger partial charge on any atom is -0.478 e. The molecule has 0 radical (unpaired) electrons. The summed E-state index contributed by atoms with van der Waals surface area (Å²) in [4.78, 5) is 11.3. The van der Waals surface area contributed by atoms with Gasteiger partial charge in [-0.25, -0.2) is 13.2 Å². The molecule has 1 aromatic heterocycles. The Morgan fingerprint density at radius 1 is 1.33 bits per heavy atom. The standard InChI is InChI=1S/C13H21N3O4S/c1-9-10(12(17)18)11(15-14-9)21(19,20)16-7-4-5-13(2,3)6-8-16/h4-8H2,1-3H3,(H,14,15)(H,17,18). The third-order valence-corrected chi connectivity index (χ3v) is 5.84. The molecule has 0 spiro atoms. The molecular weight excluding hydrogens is 294 g/mol. The van der Waals surface area contributed by atoms with Crippen LogP contribution in [0.3, 0.4) is 0 Å². The van der Waals surface area contributed by atoms with Gasteiger partial charge in [0, 0.05) is 18.8 Å². The Bertz CT molecular complexity index is 648. The molecule has 0 bridgehead atoms. The highest BCUT2D eigenvalue weighted by Gasteiger charge is 2.35. The molecule has 8 heteroatoms. The monoisotopic (exact) mass is 315 g/mol. The SMILES string of the molecule is Cc1[nH]nc(S(=O)(=O)N2CCCC(C)(C)CC2)c1C(=O)O. The zero-order chi connectivity index (χ0) is 15.8. The zero-order valence-corrected chi connectivity index (χ0v) is 13.3. The van der Waals surface area contributed by atoms with E-state index in [0.717, 1.165) is 19.3 Å². The number of carboxylic acid groups (broad SMARTS) is 1. The first-order valence-electron chi connectivity index (χ1n) is 6.93. The molecule has 0 unspecified atom stereocenters. The molecule has 21 heavy (non-hydrogen) atoms. The van der Waals surface area contributed by atoms with Gasteiger partial charge in [0.05, 0.1) is 0 Å². The van der Waals surface area contributed by atoms with Crippen molar-refractivity contribution in [3.8, 4) is 0 Å². The zero-order valence-electron chi connectivity index (χ0n) is 12.5. The summed E-state index contributed by atoms with van der Waals surface area (Å²) in [5, 5.41) is 15.0. The van der Waals surface area contributed by atoms with Gasteiger partial charge in [-0.2, -0.15) is 9.40 Å². The fourth-order valence-corrected chi connectivity index (χ4v) is 4.21. The van der Waals surface area contributed by atoms with Crippen LogP contribution in [0.1, 0.15) is 49.2 Å². The molecule has 1 aromatic rings. The Kier molecular flexibility index (Phi) is 4.12. The average Bonchev–Trinajstić information content (AvgIpc) is 2.65. The van der Waals surface area contributed by atoms with Crippen molar-refractivity contribution in [2.75, 3.05) is 13.1 Å². The van der Waals surface area contributed by atoms with Gasteiger partial charge >= 0.3 is 5.97 Å². The average molecular weight is 315 g/mol. The second kappa shape index (κ2) is 5.42. The van der Waals surface area contributed by atoms with E-state index in [0.29, 0.717) is 13.1 Å². The Hall–Kier alpha value is -1.41. The number of rotatable bonds is 3. The molecule has 0 atom stereocenters. The van der Waals surface area contributed by atoms with E-state index in [9.17, 15) is 18.3 Å². The first kappa shape index (κ1) is 16.0. The molecule has 2 rings (SSSR count). The predicted molar refractivity (Wildman–Crippen MR) is 76.7 cm³/mol. The molecule has 2 heterocycles. The number of H-pyrrole nitrogens is 1. The molecule has 0 amide bonds. The van der Waals surface area contributed by atoms with Crippen LogP contribution < -0.4 is 0 Å². The third-order valence-electron chi connectivity index (χ3n) is 4.01. The molecule has 1 saturated heterocycles. The number of nitrogens with zero attached hydrogens (tertiary/aromatic N) is 2. The molecule has 1 fully saturated rings. The number of carbonyl (C=O) groups is 1. The smallest absolute Gasteiger partial charge is 0.340 e.